The standard InChI is InChI=1S/C15H23N3O5S2/c1-2-22-14(19)11-4-3-6-17(8-11)10-18-15(24)23-13(16-18)12-5-7-25(20,21)9-12/h11-12H,2-10H2,1H3/t11-,12-/m1/s1. The van der Waals surface area contributed by atoms with Gasteiger partial charge in [-0.25, -0.2) is 13.1 Å². The smallest absolute Gasteiger partial charge is 0.310 e. The zero-order chi connectivity index (χ0) is 18.0. The number of carbonyl (C=O) groups excluding carboxylic acids is 1. The maximum absolute atomic E-state index is 11.9. The monoisotopic (exact) mass is 389 g/mol. The quantitative estimate of drug-likeness (QED) is 0.550. The summed E-state index contributed by atoms with van der Waals surface area (Å²) in [6.07, 6.45) is 2.25. The van der Waals surface area contributed by atoms with Crippen molar-refractivity contribution in [2.75, 3.05) is 31.2 Å². The Kier molecular flexibility index (Phi) is 5.59. The Morgan fingerprint density at radius 2 is 2.24 bits per heavy atom. The molecule has 0 aromatic carbocycles. The van der Waals surface area contributed by atoms with Crippen LogP contribution in [0.4, 0.5) is 0 Å². The minimum atomic E-state index is -3.00. The van der Waals surface area contributed by atoms with Crippen LogP contribution in [0.2, 0.25) is 0 Å². The van der Waals surface area contributed by atoms with Crippen molar-refractivity contribution >= 4 is 28.0 Å². The van der Waals surface area contributed by atoms with Gasteiger partial charge in [-0.3, -0.25) is 9.69 Å². The van der Waals surface area contributed by atoms with Crippen LogP contribution in [-0.2, 0) is 26.0 Å². The number of ether oxygens (including phenoxy) is 1. The minimum absolute atomic E-state index is 0.0664. The Labute approximate surface area is 152 Å². The van der Waals surface area contributed by atoms with Crippen molar-refractivity contribution in [1.82, 2.24) is 14.7 Å². The Morgan fingerprint density at radius 1 is 1.44 bits per heavy atom. The van der Waals surface area contributed by atoms with Crippen molar-refractivity contribution in [3.8, 4) is 0 Å². The third-order valence-corrected chi connectivity index (χ3v) is 6.73. The van der Waals surface area contributed by atoms with E-state index in [0.717, 1.165) is 19.4 Å². The lowest BCUT2D eigenvalue weighted by Gasteiger charge is -2.30. The number of nitrogens with zero attached hydrogens (tertiary/aromatic N) is 3. The van der Waals surface area contributed by atoms with Gasteiger partial charge in [-0.2, -0.15) is 0 Å². The minimum Gasteiger partial charge on any atom is -0.466 e. The number of hydrogen-bond acceptors (Lipinski definition) is 8. The van der Waals surface area contributed by atoms with E-state index < -0.39 is 9.84 Å². The fraction of sp³-hybridized carbons (Fsp3) is 0.800. The number of sulfone groups is 1. The van der Waals surface area contributed by atoms with Crippen LogP contribution in [0, 0.1) is 10.8 Å². The fourth-order valence-electron chi connectivity index (χ4n) is 3.39. The van der Waals surface area contributed by atoms with E-state index >= 15 is 0 Å². The molecule has 10 heteroatoms. The first-order valence-electron chi connectivity index (χ1n) is 8.55. The van der Waals surface area contributed by atoms with Crippen LogP contribution < -0.4 is 0 Å². The van der Waals surface area contributed by atoms with E-state index in [1.54, 1.807) is 11.6 Å². The van der Waals surface area contributed by atoms with Gasteiger partial charge in [0.25, 0.3) is 4.84 Å². The highest BCUT2D eigenvalue weighted by Gasteiger charge is 2.33. The number of aromatic nitrogens is 2. The average Bonchev–Trinajstić information content (AvgIpc) is 3.11. The molecule has 0 aliphatic carbocycles. The molecule has 25 heavy (non-hydrogen) atoms. The van der Waals surface area contributed by atoms with Gasteiger partial charge in [0.15, 0.2) is 9.84 Å². The second kappa shape index (κ2) is 7.55. The van der Waals surface area contributed by atoms with Crippen molar-refractivity contribution in [1.29, 1.82) is 0 Å². The molecule has 2 aliphatic rings. The van der Waals surface area contributed by atoms with Crippen LogP contribution in [0.5, 0.6) is 0 Å². The zero-order valence-electron chi connectivity index (χ0n) is 14.2. The first-order chi connectivity index (χ1) is 11.9. The first-order valence-corrected chi connectivity index (χ1v) is 10.8. The third kappa shape index (κ3) is 4.48. The summed E-state index contributed by atoms with van der Waals surface area (Å²) in [5, 5.41) is 4.38. The number of likely N-dealkylation sites (tertiary alicyclic amines) is 1. The molecule has 2 atom stereocenters. The SMILES string of the molecule is CCOC(=O)[C@@H]1CCCN(Cn2nc([C@@H]3CCS(=O)(=O)C3)oc2=S)C1. The predicted octanol–water partition coefficient (Wildman–Crippen LogP) is 1.34. The van der Waals surface area contributed by atoms with Gasteiger partial charge in [0.2, 0.25) is 5.89 Å². The number of carbonyl (C=O) groups is 1. The van der Waals surface area contributed by atoms with E-state index in [0.29, 0.717) is 32.1 Å². The molecule has 2 saturated heterocycles. The summed E-state index contributed by atoms with van der Waals surface area (Å²) in [5.74, 6) is 0.116. The highest BCUT2D eigenvalue weighted by Crippen LogP contribution is 2.28. The van der Waals surface area contributed by atoms with Gasteiger partial charge in [0, 0.05) is 6.54 Å². The van der Waals surface area contributed by atoms with Crippen molar-refractivity contribution in [3.05, 3.63) is 10.7 Å². The summed E-state index contributed by atoms with van der Waals surface area (Å²) in [7, 11) is -3.00. The summed E-state index contributed by atoms with van der Waals surface area (Å²) >= 11 is 5.22. The lowest BCUT2D eigenvalue weighted by molar-refractivity contribution is -0.150. The normalized spacial score (nSPS) is 26.6. The van der Waals surface area contributed by atoms with Gasteiger partial charge in [0.05, 0.1) is 36.6 Å². The van der Waals surface area contributed by atoms with Gasteiger partial charge in [0.1, 0.15) is 0 Å². The molecular formula is C15H23N3O5S2. The summed E-state index contributed by atoms with van der Waals surface area (Å²) in [5.41, 5.74) is 0. The molecule has 0 radical (unpaired) electrons. The fourth-order valence-corrected chi connectivity index (χ4v) is 5.31. The van der Waals surface area contributed by atoms with E-state index in [2.05, 4.69) is 10.00 Å². The number of hydrogen-bond donors (Lipinski definition) is 0. The van der Waals surface area contributed by atoms with Crippen molar-refractivity contribution in [2.45, 2.75) is 38.8 Å². The summed E-state index contributed by atoms with van der Waals surface area (Å²) in [4.78, 5) is 14.3. The lowest BCUT2D eigenvalue weighted by atomic mass is 9.99. The van der Waals surface area contributed by atoms with Gasteiger partial charge >= 0.3 is 5.97 Å². The predicted molar refractivity (Wildman–Crippen MR) is 92.3 cm³/mol. The van der Waals surface area contributed by atoms with Crippen LogP contribution in [0.25, 0.3) is 0 Å². The second-order valence-corrected chi connectivity index (χ2v) is 9.19. The van der Waals surface area contributed by atoms with E-state index in [-0.39, 0.29) is 34.1 Å². The topological polar surface area (TPSA) is 94.6 Å². The maximum atomic E-state index is 11.9. The largest absolute Gasteiger partial charge is 0.466 e. The molecule has 0 bridgehead atoms. The van der Waals surface area contributed by atoms with Crippen molar-refractivity contribution in [3.63, 3.8) is 0 Å². The number of esters is 1. The molecule has 1 aromatic heterocycles. The van der Waals surface area contributed by atoms with E-state index in [4.69, 9.17) is 21.4 Å². The van der Waals surface area contributed by atoms with E-state index in [9.17, 15) is 13.2 Å². The first kappa shape index (κ1) is 18.5. The molecule has 0 unspecified atom stereocenters. The molecule has 2 aliphatic heterocycles. The zero-order valence-corrected chi connectivity index (χ0v) is 15.9. The van der Waals surface area contributed by atoms with Crippen LogP contribution in [0.15, 0.2) is 4.42 Å². The number of piperidine rings is 1. The summed E-state index contributed by atoms with van der Waals surface area (Å²) < 4.78 is 35.5. The summed E-state index contributed by atoms with van der Waals surface area (Å²) in [6.45, 7) is 4.06. The molecule has 0 saturated carbocycles. The molecule has 3 rings (SSSR count). The Bertz CT molecular complexity index is 785. The van der Waals surface area contributed by atoms with Gasteiger partial charge < -0.3 is 9.15 Å². The van der Waals surface area contributed by atoms with Gasteiger partial charge in [-0.1, -0.05) is 0 Å². The molecular weight excluding hydrogens is 366 g/mol. The van der Waals surface area contributed by atoms with Gasteiger partial charge in [-0.15, -0.1) is 5.10 Å². The summed E-state index contributed by atoms with van der Waals surface area (Å²) in [6, 6.07) is 0. The van der Waals surface area contributed by atoms with Crippen LogP contribution in [0.1, 0.15) is 38.0 Å². The van der Waals surface area contributed by atoms with Crippen molar-refractivity contribution < 1.29 is 22.4 Å². The Balaban J connectivity index is 1.65. The maximum Gasteiger partial charge on any atom is 0.310 e. The highest BCUT2D eigenvalue weighted by molar-refractivity contribution is 7.91. The Morgan fingerprint density at radius 3 is 2.92 bits per heavy atom. The van der Waals surface area contributed by atoms with Crippen LogP contribution in [0.3, 0.4) is 0 Å². The van der Waals surface area contributed by atoms with Crippen molar-refractivity contribution in [2.24, 2.45) is 5.92 Å². The lowest BCUT2D eigenvalue weighted by Crippen LogP contribution is -2.40. The van der Waals surface area contributed by atoms with E-state index in [1.165, 1.54) is 0 Å². The molecule has 8 nitrogen and oxygen atoms in total. The molecule has 2 fully saturated rings. The molecule has 0 N–H and O–H groups in total. The highest BCUT2D eigenvalue weighted by atomic mass is 32.2. The molecule has 0 amide bonds. The average molecular weight is 389 g/mol. The van der Waals surface area contributed by atoms with Crippen LogP contribution in [-0.4, -0.2) is 60.3 Å². The van der Waals surface area contributed by atoms with Crippen LogP contribution >= 0.6 is 12.2 Å². The Hall–Kier alpha value is -1.26. The second-order valence-electron chi connectivity index (χ2n) is 6.62. The molecule has 3 heterocycles. The van der Waals surface area contributed by atoms with E-state index in [1.807, 2.05) is 0 Å². The number of rotatable bonds is 5. The third-order valence-electron chi connectivity index (χ3n) is 4.66. The van der Waals surface area contributed by atoms with Gasteiger partial charge in [-0.05, 0) is 44.9 Å². The molecule has 140 valence electrons. The molecule has 1 aromatic rings. The molecule has 0 spiro atoms.